The Balaban J connectivity index is 1.66. The van der Waals surface area contributed by atoms with Gasteiger partial charge in [0, 0.05) is 13.1 Å². The fraction of sp³-hybridized carbons (Fsp3) is 0.462. The summed E-state index contributed by atoms with van der Waals surface area (Å²) in [6.07, 6.45) is 3.27. The minimum absolute atomic E-state index is 0.0298. The first kappa shape index (κ1) is 13.3. The Morgan fingerprint density at radius 1 is 1.45 bits per heavy atom. The maximum atomic E-state index is 10.5. The summed E-state index contributed by atoms with van der Waals surface area (Å²) in [5.41, 5.74) is 0. The molecule has 7 heteroatoms. The topological polar surface area (TPSA) is 75.6 Å². The van der Waals surface area contributed by atoms with E-state index in [1.807, 2.05) is 11.4 Å². The quantitative estimate of drug-likeness (QED) is 0.925. The number of aliphatic carboxylic acids is 1. The van der Waals surface area contributed by atoms with Crippen LogP contribution < -0.4 is 4.90 Å². The van der Waals surface area contributed by atoms with Crippen molar-refractivity contribution in [3.8, 4) is 0 Å². The summed E-state index contributed by atoms with van der Waals surface area (Å²) < 4.78 is 5.34. The van der Waals surface area contributed by atoms with E-state index in [1.165, 1.54) is 0 Å². The van der Waals surface area contributed by atoms with Crippen LogP contribution in [0.5, 0.6) is 0 Å². The normalized spacial score (nSPS) is 16.7. The van der Waals surface area contributed by atoms with E-state index in [2.05, 4.69) is 14.9 Å². The lowest BCUT2D eigenvalue weighted by Gasteiger charge is -2.32. The van der Waals surface area contributed by atoms with E-state index in [1.54, 1.807) is 17.7 Å². The van der Waals surface area contributed by atoms with E-state index in [9.17, 15) is 4.79 Å². The molecule has 0 bridgehead atoms. The van der Waals surface area contributed by atoms with Crippen LogP contribution in [0.4, 0.5) is 5.82 Å². The van der Waals surface area contributed by atoms with Gasteiger partial charge in [-0.15, -0.1) is 11.3 Å². The molecule has 6 nitrogen and oxygen atoms in total. The van der Waals surface area contributed by atoms with Crippen molar-refractivity contribution < 1.29 is 14.6 Å². The number of nitrogens with zero attached hydrogens (tertiary/aromatic N) is 3. The van der Waals surface area contributed by atoms with Crippen LogP contribution in [0, 0.1) is 0 Å². The highest BCUT2D eigenvalue weighted by Crippen LogP contribution is 2.28. The molecular formula is C13H15N3O3S. The Morgan fingerprint density at radius 3 is 3.00 bits per heavy atom. The number of rotatable bonds is 4. The van der Waals surface area contributed by atoms with E-state index in [4.69, 9.17) is 9.84 Å². The van der Waals surface area contributed by atoms with E-state index >= 15 is 0 Å². The molecule has 20 heavy (non-hydrogen) atoms. The van der Waals surface area contributed by atoms with Gasteiger partial charge in [-0.05, 0) is 24.3 Å². The third-order valence-electron chi connectivity index (χ3n) is 3.42. The number of hydrogen-bond donors (Lipinski definition) is 1. The zero-order valence-electron chi connectivity index (χ0n) is 10.9. The van der Waals surface area contributed by atoms with Crippen LogP contribution in [-0.4, -0.2) is 46.8 Å². The molecular weight excluding hydrogens is 278 g/mol. The minimum Gasteiger partial charge on any atom is -0.480 e. The summed E-state index contributed by atoms with van der Waals surface area (Å²) in [7, 11) is 0. The van der Waals surface area contributed by atoms with E-state index in [0.29, 0.717) is 0 Å². The molecule has 1 aliphatic rings. The van der Waals surface area contributed by atoms with Crippen molar-refractivity contribution in [2.75, 3.05) is 24.6 Å². The molecule has 0 atom stereocenters. The second-order valence-electron chi connectivity index (χ2n) is 4.73. The molecule has 1 aliphatic heterocycles. The molecule has 0 spiro atoms. The van der Waals surface area contributed by atoms with E-state index in [0.717, 1.165) is 42.0 Å². The standard InChI is InChI=1S/C13H15N3O3S/c17-11(18)7-19-9-1-4-16(5-2-9)12-10-3-6-20-13(10)15-8-14-12/h3,6,8-9H,1-2,4-5,7H2,(H,17,18). The number of aromatic nitrogens is 2. The summed E-state index contributed by atoms with van der Waals surface area (Å²) in [5, 5.41) is 11.7. The largest absolute Gasteiger partial charge is 0.480 e. The second-order valence-corrected chi connectivity index (χ2v) is 5.62. The molecule has 0 saturated carbocycles. The predicted molar refractivity (Wildman–Crippen MR) is 76.2 cm³/mol. The monoisotopic (exact) mass is 293 g/mol. The fourth-order valence-electron chi connectivity index (χ4n) is 2.45. The first-order chi connectivity index (χ1) is 9.74. The number of ether oxygens (including phenoxy) is 1. The smallest absolute Gasteiger partial charge is 0.329 e. The Hall–Kier alpha value is -1.73. The SMILES string of the molecule is O=C(O)COC1CCN(c2ncnc3sccc23)CC1. The van der Waals surface area contributed by atoms with Crippen molar-refractivity contribution in [1.82, 2.24) is 9.97 Å². The molecule has 1 saturated heterocycles. The molecule has 106 valence electrons. The lowest BCUT2D eigenvalue weighted by molar-refractivity contribution is -0.144. The molecule has 0 aliphatic carbocycles. The molecule has 2 aromatic heterocycles. The van der Waals surface area contributed by atoms with Crippen molar-refractivity contribution >= 4 is 33.3 Å². The van der Waals surface area contributed by atoms with Crippen molar-refractivity contribution in [2.45, 2.75) is 18.9 Å². The highest BCUT2D eigenvalue weighted by atomic mass is 32.1. The summed E-state index contributed by atoms with van der Waals surface area (Å²) in [4.78, 5) is 22.4. The summed E-state index contributed by atoms with van der Waals surface area (Å²) in [6, 6.07) is 2.04. The number of anilines is 1. The van der Waals surface area contributed by atoms with Crippen LogP contribution in [0.25, 0.3) is 10.2 Å². The predicted octanol–water partition coefficient (Wildman–Crippen LogP) is 1.76. The van der Waals surface area contributed by atoms with Gasteiger partial charge in [-0.1, -0.05) is 0 Å². The summed E-state index contributed by atoms with van der Waals surface area (Å²) in [5.74, 6) is 0.0520. The first-order valence-corrected chi connectivity index (χ1v) is 7.38. The van der Waals surface area contributed by atoms with Gasteiger partial charge in [0.05, 0.1) is 11.5 Å². The van der Waals surface area contributed by atoms with Crippen molar-refractivity contribution in [1.29, 1.82) is 0 Å². The Labute approximate surface area is 120 Å². The molecule has 3 heterocycles. The van der Waals surface area contributed by atoms with Crippen LogP contribution in [0.1, 0.15) is 12.8 Å². The molecule has 3 rings (SSSR count). The molecule has 0 radical (unpaired) electrons. The Morgan fingerprint density at radius 2 is 2.25 bits per heavy atom. The molecule has 1 N–H and O–H groups in total. The van der Waals surface area contributed by atoms with Gasteiger partial charge < -0.3 is 14.7 Å². The lowest BCUT2D eigenvalue weighted by atomic mass is 10.1. The van der Waals surface area contributed by atoms with E-state index in [-0.39, 0.29) is 12.7 Å². The van der Waals surface area contributed by atoms with Crippen molar-refractivity contribution in [3.05, 3.63) is 17.8 Å². The molecule has 0 amide bonds. The maximum Gasteiger partial charge on any atom is 0.329 e. The highest BCUT2D eigenvalue weighted by Gasteiger charge is 2.22. The number of carboxylic acids is 1. The second kappa shape index (κ2) is 5.72. The van der Waals surface area contributed by atoms with Crippen LogP contribution >= 0.6 is 11.3 Å². The number of carboxylic acid groups (broad SMARTS) is 1. The van der Waals surface area contributed by atoms with Gasteiger partial charge in [-0.25, -0.2) is 14.8 Å². The van der Waals surface area contributed by atoms with Gasteiger partial charge >= 0.3 is 5.97 Å². The molecule has 0 aromatic carbocycles. The zero-order valence-corrected chi connectivity index (χ0v) is 11.7. The third kappa shape index (κ3) is 2.73. The van der Waals surface area contributed by atoms with Crippen LogP contribution in [0.2, 0.25) is 0 Å². The number of fused-ring (bicyclic) bond motifs is 1. The Kier molecular flexibility index (Phi) is 3.79. The number of carbonyl (C=O) groups is 1. The average molecular weight is 293 g/mol. The number of thiophene rings is 1. The van der Waals surface area contributed by atoms with Crippen molar-refractivity contribution in [2.24, 2.45) is 0 Å². The van der Waals surface area contributed by atoms with Gasteiger partial charge in [0.25, 0.3) is 0 Å². The first-order valence-electron chi connectivity index (χ1n) is 6.50. The van der Waals surface area contributed by atoms with Gasteiger partial charge in [-0.2, -0.15) is 0 Å². The van der Waals surface area contributed by atoms with Crippen LogP contribution in [0.3, 0.4) is 0 Å². The van der Waals surface area contributed by atoms with Gasteiger partial charge in [0.1, 0.15) is 23.6 Å². The Bertz CT molecular complexity index is 608. The van der Waals surface area contributed by atoms with Gasteiger partial charge in [0.2, 0.25) is 0 Å². The molecule has 1 fully saturated rings. The molecule has 2 aromatic rings. The van der Waals surface area contributed by atoms with Gasteiger partial charge in [-0.3, -0.25) is 0 Å². The minimum atomic E-state index is -0.914. The van der Waals surface area contributed by atoms with E-state index < -0.39 is 5.97 Å². The van der Waals surface area contributed by atoms with Crippen LogP contribution in [0.15, 0.2) is 17.8 Å². The highest BCUT2D eigenvalue weighted by molar-refractivity contribution is 7.16. The van der Waals surface area contributed by atoms with Crippen LogP contribution in [-0.2, 0) is 9.53 Å². The number of piperidine rings is 1. The summed E-state index contributed by atoms with van der Waals surface area (Å²) in [6.45, 7) is 1.44. The molecule has 0 unspecified atom stereocenters. The van der Waals surface area contributed by atoms with Crippen molar-refractivity contribution in [3.63, 3.8) is 0 Å². The summed E-state index contributed by atoms with van der Waals surface area (Å²) >= 11 is 1.61. The lowest BCUT2D eigenvalue weighted by Crippen LogP contribution is -2.38. The van der Waals surface area contributed by atoms with Gasteiger partial charge in [0.15, 0.2) is 0 Å². The maximum absolute atomic E-state index is 10.5. The third-order valence-corrected chi connectivity index (χ3v) is 4.25. The fourth-order valence-corrected chi connectivity index (χ4v) is 3.18. The zero-order chi connectivity index (χ0) is 13.9. The average Bonchev–Trinajstić information content (AvgIpc) is 2.94. The number of hydrogen-bond acceptors (Lipinski definition) is 6.